The van der Waals surface area contributed by atoms with E-state index in [4.69, 9.17) is 23.4 Å². The van der Waals surface area contributed by atoms with Crippen molar-refractivity contribution >= 4 is 11.5 Å². The zero-order valence-corrected chi connectivity index (χ0v) is 23.7. The first kappa shape index (κ1) is 31.9. The van der Waals surface area contributed by atoms with Gasteiger partial charge in [0, 0.05) is 24.1 Å². The van der Waals surface area contributed by atoms with Crippen LogP contribution in [0.15, 0.2) is 97.1 Å². The van der Waals surface area contributed by atoms with Crippen LogP contribution >= 0.6 is 0 Å². The highest BCUT2D eigenvalue weighted by Gasteiger charge is 2.26. The van der Waals surface area contributed by atoms with Gasteiger partial charge < -0.3 is 9.84 Å². The highest BCUT2D eigenvalue weighted by molar-refractivity contribution is 6.05. The van der Waals surface area contributed by atoms with Crippen LogP contribution < -0.4 is 18.6 Å². The molecule has 8 heteroatoms. The molecule has 1 N–H and O–H groups in total. The molecule has 3 rings (SSSR count). The van der Waals surface area contributed by atoms with Gasteiger partial charge in [-0.15, -0.1) is 10.2 Å². The summed E-state index contributed by atoms with van der Waals surface area (Å²) in [7, 11) is -2.91. The average Bonchev–Trinajstić information content (AvgIpc) is 2.90. The number of nitrogens with zero attached hydrogens (tertiary/aromatic N) is 1. The summed E-state index contributed by atoms with van der Waals surface area (Å²) in [6.45, 7) is 8.81. The molecule has 0 unspecified atom stereocenters. The fraction of sp³-hybridized carbons (Fsp3) is 0.258. The van der Waals surface area contributed by atoms with Crippen LogP contribution in [0.1, 0.15) is 47.8 Å². The van der Waals surface area contributed by atoms with Crippen molar-refractivity contribution < 1.29 is 43.3 Å². The SMILES string of the molecule is CCO/C(=C\C=C\C(c1ccc(C)cc1)=[N+](C)[C@H](C)[C@@H](O)c1ccccc1)c1ccc(C)cc1.[O-][Cl+3]([O-])([O-])[O-]. The van der Waals surface area contributed by atoms with E-state index in [1.807, 2.05) is 63.4 Å². The molecule has 0 saturated heterocycles. The molecule has 3 aromatic carbocycles. The number of benzene rings is 3. The number of likely N-dealkylation sites (N-methyl/N-ethyl adjacent to an activating group) is 1. The fourth-order valence-corrected chi connectivity index (χ4v) is 3.83. The number of aryl methyl sites for hydroxylation is 2. The van der Waals surface area contributed by atoms with E-state index in [9.17, 15) is 5.11 Å². The molecule has 0 radical (unpaired) electrons. The molecular formula is C31H36ClNO6. The second kappa shape index (κ2) is 15.3. The third-order valence-corrected chi connectivity index (χ3v) is 6.07. The molecule has 0 fully saturated rings. The molecule has 39 heavy (non-hydrogen) atoms. The van der Waals surface area contributed by atoms with E-state index < -0.39 is 16.3 Å². The number of hydrogen-bond donors (Lipinski definition) is 1. The number of ether oxygens (including phenoxy) is 1. The molecule has 0 amide bonds. The molecule has 0 aliphatic carbocycles. The van der Waals surface area contributed by atoms with E-state index in [1.54, 1.807) is 0 Å². The predicted molar refractivity (Wildman–Crippen MR) is 142 cm³/mol. The minimum atomic E-state index is -4.94. The summed E-state index contributed by atoms with van der Waals surface area (Å²) in [6.07, 6.45) is 5.51. The standard InChI is InChI=1S/C31H36NO2.ClHO4/c1-6-34-30(27-21-17-24(3)18-22-27)14-10-13-29(26-19-15-23(2)16-20-26)32(5)25(4)31(33)28-11-8-7-9-12-28;2-1(3,4)5/h7-22,25,31,33H,6H2,1-5H3;(H,2,3,4,5)/q+1;/p-1/b13-10+,30-14-,32-29?;/t25-,31-;/m1./s1. The Balaban J connectivity index is 0.000000976. The number of allylic oxidation sites excluding steroid dienone is 3. The first-order chi connectivity index (χ1) is 18.4. The van der Waals surface area contributed by atoms with Gasteiger partial charge in [0.05, 0.1) is 6.61 Å². The van der Waals surface area contributed by atoms with Crippen molar-refractivity contribution in [3.05, 3.63) is 125 Å². The van der Waals surface area contributed by atoms with Gasteiger partial charge in [-0.2, -0.15) is 0 Å². The van der Waals surface area contributed by atoms with Crippen molar-refractivity contribution in [1.82, 2.24) is 0 Å². The molecule has 0 bridgehead atoms. The second-order valence-corrected chi connectivity index (χ2v) is 9.78. The van der Waals surface area contributed by atoms with Gasteiger partial charge >= 0.3 is 0 Å². The predicted octanol–water partition coefficient (Wildman–Crippen LogP) is 1.73. The maximum atomic E-state index is 11.0. The maximum absolute atomic E-state index is 11.0. The summed E-state index contributed by atoms with van der Waals surface area (Å²) in [5, 5.41) is 11.0. The monoisotopic (exact) mass is 553 g/mol. The quantitative estimate of drug-likeness (QED) is 0.186. The molecule has 2 atom stereocenters. The van der Waals surface area contributed by atoms with E-state index in [-0.39, 0.29) is 6.04 Å². The average molecular weight is 554 g/mol. The molecule has 7 nitrogen and oxygen atoms in total. The number of rotatable bonds is 9. The zero-order valence-electron chi connectivity index (χ0n) is 22.9. The van der Waals surface area contributed by atoms with E-state index in [2.05, 4.69) is 73.0 Å². The summed E-state index contributed by atoms with van der Waals surface area (Å²) in [5.41, 5.74) is 6.52. The molecule has 0 heterocycles. The minimum absolute atomic E-state index is 0.129. The Hall–Kier alpha value is -3.30. The highest BCUT2D eigenvalue weighted by Crippen LogP contribution is 2.20. The second-order valence-electron chi connectivity index (χ2n) is 9.03. The van der Waals surface area contributed by atoms with Crippen molar-refractivity contribution in [2.45, 2.75) is 39.8 Å². The van der Waals surface area contributed by atoms with E-state index in [0.29, 0.717) is 6.61 Å². The van der Waals surface area contributed by atoms with Crippen LogP contribution in [0.5, 0.6) is 0 Å². The topological polar surface area (TPSA) is 125 Å². The van der Waals surface area contributed by atoms with Crippen molar-refractivity contribution in [2.24, 2.45) is 0 Å². The van der Waals surface area contributed by atoms with E-state index >= 15 is 0 Å². The summed E-state index contributed by atoms with van der Waals surface area (Å²) in [5.74, 6) is 0.835. The highest BCUT2D eigenvalue weighted by atomic mass is 35.7. The number of halogens is 1. The summed E-state index contributed by atoms with van der Waals surface area (Å²) < 4.78 is 42.0. The Bertz CT molecular complexity index is 1240. The Morgan fingerprint density at radius 3 is 1.85 bits per heavy atom. The third kappa shape index (κ3) is 11.1. The van der Waals surface area contributed by atoms with Gasteiger partial charge in [-0.1, -0.05) is 83.9 Å². The molecule has 208 valence electrons. The Kier molecular flexibility index (Phi) is 12.5. The lowest BCUT2D eigenvalue weighted by atomic mass is 10.0. The van der Waals surface area contributed by atoms with Crippen molar-refractivity contribution in [2.75, 3.05) is 13.7 Å². The van der Waals surface area contributed by atoms with Crippen LogP contribution in [-0.2, 0) is 4.74 Å². The molecule has 0 saturated carbocycles. The van der Waals surface area contributed by atoms with Crippen LogP contribution in [0.25, 0.3) is 5.76 Å². The van der Waals surface area contributed by atoms with Crippen LogP contribution in [0.3, 0.4) is 0 Å². The van der Waals surface area contributed by atoms with E-state index in [1.165, 1.54) is 11.1 Å². The molecule has 0 aliphatic heterocycles. The third-order valence-electron chi connectivity index (χ3n) is 6.07. The lowest BCUT2D eigenvalue weighted by molar-refractivity contribution is -2.00. The van der Waals surface area contributed by atoms with Gasteiger partial charge in [-0.25, -0.2) is 23.2 Å². The fourth-order valence-electron chi connectivity index (χ4n) is 3.83. The van der Waals surface area contributed by atoms with Crippen LogP contribution in [0.2, 0.25) is 0 Å². The number of hydrogen-bond acceptors (Lipinski definition) is 6. The Labute approximate surface area is 233 Å². The van der Waals surface area contributed by atoms with Crippen LogP contribution in [-0.4, -0.2) is 35.1 Å². The molecule has 3 aromatic rings. The minimum Gasteiger partial charge on any atom is -0.493 e. The lowest BCUT2D eigenvalue weighted by Gasteiger charge is -2.18. The first-order valence-corrected chi connectivity index (χ1v) is 13.7. The first-order valence-electron chi connectivity index (χ1n) is 12.5. The van der Waals surface area contributed by atoms with Crippen molar-refractivity contribution in [3.63, 3.8) is 0 Å². The van der Waals surface area contributed by atoms with Gasteiger partial charge in [0.1, 0.15) is 18.9 Å². The van der Waals surface area contributed by atoms with Gasteiger partial charge in [-0.3, -0.25) is 0 Å². The lowest BCUT2D eigenvalue weighted by Crippen LogP contribution is -2.68. The zero-order chi connectivity index (χ0) is 29.0. The summed E-state index contributed by atoms with van der Waals surface area (Å²) in [4.78, 5) is 0. The van der Waals surface area contributed by atoms with E-state index in [0.717, 1.165) is 28.2 Å². The molecule has 0 spiro atoms. The Morgan fingerprint density at radius 1 is 0.872 bits per heavy atom. The Morgan fingerprint density at radius 2 is 1.36 bits per heavy atom. The van der Waals surface area contributed by atoms with Crippen molar-refractivity contribution in [3.8, 4) is 0 Å². The largest absolute Gasteiger partial charge is 0.493 e. The van der Waals surface area contributed by atoms with Crippen molar-refractivity contribution in [1.29, 1.82) is 0 Å². The van der Waals surface area contributed by atoms with Crippen LogP contribution in [0, 0.1) is 24.1 Å². The van der Waals surface area contributed by atoms with Gasteiger partial charge in [-0.05, 0) is 44.5 Å². The molecular weight excluding hydrogens is 518 g/mol. The number of aliphatic hydroxyl groups excluding tert-OH is 1. The molecule has 0 aromatic heterocycles. The smallest absolute Gasteiger partial charge is 0.207 e. The summed E-state index contributed by atoms with van der Waals surface area (Å²) in [6, 6.07) is 26.5. The van der Waals surface area contributed by atoms with Gasteiger partial charge in [0.15, 0.2) is 6.04 Å². The van der Waals surface area contributed by atoms with Crippen LogP contribution in [0.4, 0.5) is 0 Å². The summed E-state index contributed by atoms with van der Waals surface area (Å²) >= 11 is 0. The normalized spacial score (nSPS) is 14.3. The van der Waals surface area contributed by atoms with Gasteiger partial charge in [0.25, 0.3) is 0 Å². The maximum Gasteiger partial charge on any atom is 0.207 e. The number of aliphatic hydroxyl groups is 1. The van der Waals surface area contributed by atoms with Gasteiger partial charge in [0.2, 0.25) is 5.71 Å². The molecule has 0 aliphatic rings.